The molecular weight excluding hydrogens is 453 g/mol. The van der Waals surface area contributed by atoms with E-state index in [-0.39, 0.29) is 5.16 Å². The zero-order valence-electron chi connectivity index (χ0n) is 21.5. The number of hydrogen-bond donors (Lipinski definition) is 0. The summed E-state index contributed by atoms with van der Waals surface area (Å²) in [6.07, 6.45) is 4.84. The lowest BCUT2D eigenvalue weighted by Gasteiger charge is -2.35. The number of ether oxygens (including phenoxy) is 3. The van der Waals surface area contributed by atoms with E-state index in [1.807, 2.05) is 24.3 Å². The van der Waals surface area contributed by atoms with Crippen LogP contribution in [0.2, 0.25) is 0 Å². The van der Waals surface area contributed by atoms with E-state index in [4.69, 9.17) is 14.2 Å². The Labute approximate surface area is 212 Å². The Balaban J connectivity index is 1.73. The van der Waals surface area contributed by atoms with Crippen LogP contribution in [0.4, 0.5) is 5.69 Å². The van der Waals surface area contributed by atoms with Crippen molar-refractivity contribution in [3.63, 3.8) is 0 Å². The molecule has 3 aromatic rings. The van der Waals surface area contributed by atoms with Gasteiger partial charge >= 0.3 is 0 Å². The number of nitrogens with zero attached hydrogens (tertiary/aromatic N) is 1. The molecule has 4 nitrogen and oxygen atoms in total. The molecule has 186 valence electrons. The monoisotopic (exact) mass is 491 g/mol. The smallest absolute Gasteiger partial charge is 0.166 e. The van der Waals surface area contributed by atoms with Crippen LogP contribution in [0, 0.1) is 0 Å². The van der Waals surface area contributed by atoms with Gasteiger partial charge in [-0.05, 0) is 48.7 Å². The maximum Gasteiger partial charge on any atom is 0.166 e. The predicted octanol–water partition coefficient (Wildman–Crippen LogP) is 6.90. The summed E-state index contributed by atoms with van der Waals surface area (Å²) in [6, 6.07) is 23.3. The van der Waals surface area contributed by atoms with Gasteiger partial charge in [-0.3, -0.25) is 0 Å². The first-order valence-corrected chi connectivity index (χ1v) is 13.6. The molecule has 0 amide bonds. The van der Waals surface area contributed by atoms with Crippen LogP contribution in [0.15, 0.2) is 66.7 Å². The molecule has 4 rings (SSSR count). The molecule has 0 saturated carbocycles. The van der Waals surface area contributed by atoms with E-state index < -0.39 is 0 Å². The average molecular weight is 492 g/mol. The van der Waals surface area contributed by atoms with Crippen LogP contribution < -0.4 is 24.4 Å². The Kier molecular flexibility index (Phi) is 8.57. The molecule has 0 spiro atoms. The van der Waals surface area contributed by atoms with Crippen molar-refractivity contribution >= 4 is 19.6 Å². The summed E-state index contributed by atoms with van der Waals surface area (Å²) in [5.74, 6) is 2.31. The fourth-order valence-electron chi connectivity index (χ4n) is 4.77. The summed E-state index contributed by atoms with van der Waals surface area (Å²) < 4.78 is 18.0. The second-order valence-corrected chi connectivity index (χ2v) is 11.2. The molecule has 0 aliphatic carbocycles. The number of hydrogen-bond acceptors (Lipinski definition) is 4. The van der Waals surface area contributed by atoms with Crippen LogP contribution in [-0.2, 0) is 11.8 Å². The summed E-state index contributed by atoms with van der Waals surface area (Å²) in [6.45, 7) is 7.39. The maximum atomic E-state index is 6.49. The predicted molar refractivity (Wildman–Crippen MR) is 148 cm³/mol. The molecule has 0 radical (unpaired) electrons. The molecule has 35 heavy (non-hydrogen) atoms. The quantitative estimate of drug-likeness (QED) is 0.289. The van der Waals surface area contributed by atoms with Crippen LogP contribution in [0.25, 0.3) is 0 Å². The van der Waals surface area contributed by atoms with E-state index in [9.17, 15) is 0 Å². The van der Waals surface area contributed by atoms with Gasteiger partial charge in [0.05, 0.1) is 14.2 Å². The Morgan fingerprint density at radius 3 is 2.29 bits per heavy atom. The highest BCUT2D eigenvalue weighted by atomic mass is 31.1. The molecule has 0 aromatic heterocycles. The van der Waals surface area contributed by atoms with E-state index in [1.54, 1.807) is 14.2 Å². The molecular formula is C30H38NO3P. The largest absolute Gasteiger partial charge is 0.497 e. The third kappa shape index (κ3) is 5.93. The zero-order chi connectivity index (χ0) is 24.7. The van der Waals surface area contributed by atoms with Crippen LogP contribution in [-0.4, -0.2) is 27.3 Å². The molecule has 1 saturated heterocycles. The summed E-state index contributed by atoms with van der Waals surface area (Å²) in [7, 11) is 3.99. The normalized spacial score (nSPS) is 15.7. The fraction of sp³-hybridized carbons (Fsp3) is 0.400. The van der Waals surface area contributed by atoms with Crippen LogP contribution in [0.3, 0.4) is 0 Å². The second kappa shape index (κ2) is 11.8. The van der Waals surface area contributed by atoms with Gasteiger partial charge in [0, 0.05) is 35.6 Å². The minimum atomic E-state index is -0.139. The zero-order valence-corrected chi connectivity index (χ0v) is 22.5. The van der Waals surface area contributed by atoms with Crippen molar-refractivity contribution in [3.05, 3.63) is 77.9 Å². The van der Waals surface area contributed by atoms with E-state index in [1.165, 1.54) is 30.3 Å². The highest BCUT2D eigenvalue weighted by Crippen LogP contribution is 2.52. The van der Waals surface area contributed by atoms with Gasteiger partial charge in [-0.15, -0.1) is 0 Å². The van der Waals surface area contributed by atoms with Crippen molar-refractivity contribution < 1.29 is 14.2 Å². The molecule has 1 aliphatic heterocycles. The van der Waals surface area contributed by atoms with Gasteiger partial charge in [0.1, 0.15) is 12.4 Å². The Bertz CT molecular complexity index is 1100. The topological polar surface area (TPSA) is 30.9 Å². The maximum absolute atomic E-state index is 6.49. The number of piperidine rings is 1. The van der Waals surface area contributed by atoms with Gasteiger partial charge < -0.3 is 19.1 Å². The molecule has 3 aromatic carbocycles. The molecule has 2 unspecified atom stereocenters. The van der Waals surface area contributed by atoms with Gasteiger partial charge in [-0.2, -0.15) is 0 Å². The highest BCUT2D eigenvalue weighted by molar-refractivity contribution is 7.49. The number of anilines is 1. The van der Waals surface area contributed by atoms with Gasteiger partial charge in [0.25, 0.3) is 0 Å². The van der Waals surface area contributed by atoms with E-state index in [0.29, 0.717) is 20.9 Å². The van der Waals surface area contributed by atoms with Crippen molar-refractivity contribution in [3.8, 4) is 17.2 Å². The van der Waals surface area contributed by atoms with Crippen molar-refractivity contribution in [1.29, 1.82) is 0 Å². The van der Waals surface area contributed by atoms with E-state index >= 15 is 0 Å². The molecule has 1 heterocycles. The number of benzene rings is 3. The van der Waals surface area contributed by atoms with E-state index in [0.717, 1.165) is 42.1 Å². The lowest BCUT2D eigenvalue weighted by molar-refractivity contribution is 0.277. The first-order chi connectivity index (χ1) is 17.1. The third-order valence-corrected chi connectivity index (χ3v) is 8.89. The van der Waals surface area contributed by atoms with Gasteiger partial charge in [-0.1, -0.05) is 71.0 Å². The third-order valence-electron chi connectivity index (χ3n) is 7.02. The molecule has 1 aliphatic rings. The average Bonchev–Trinajstić information content (AvgIpc) is 2.92. The van der Waals surface area contributed by atoms with Gasteiger partial charge in [0.15, 0.2) is 11.5 Å². The minimum absolute atomic E-state index is 0.139. The van der Waals surface area contributed by atoms with Crippen LogP contribution in [0.5, 0.6) is 17.2 Å². The SMILES string of the molecule is CCC(C)(Pc1ccccc1N1CCCCC1)c1cc(OC)cc(OC)c1OCc1ccccc1. The van der Waals surface area contributed by atoms with Crippen LogP contribution in [0.1, 0.15) is 50.7 Å². The Morgan fingerprint density at radius 2 is 1.60 bits per heavy atom. The first-order valence-electron chi connectivity index (χ1n) is 12.6. The van der Waals surface area contributed by atoms with Gasteiger partial charge in [-0.25, -0.2) is 0 Å². The van der Waals surface area contributed by atoms with Crippen molar-refractivity contribution in [2.45, 2.75) is 51.3 Å². The molecule has 2 atom stereocenters. The number of methoxy groups -OCH3 is 2. The number of rotatable bonds is 10. The summed E-state index contributed by atoms with van der Waals surface area (Å²) in [5.41, 5.74) is 3.65. The molecule has 0 bridgehead atoms. The summed E-state index contributed by atoms with van der Waals surface area (Å²) in [5, 5.41) is 1.27. The van der Waals surface area contributed by atoms with Crippen molar-refractivity contribution in [1.82, 2.24) is 0 Å². The van der Waals surface area contributed by atoms with Gasteiger partial charge in [0.2, 0.25) is 0 Å². The lowest BCUT2D eigenvalue weighted by Crippen LogP contribution is -2.33. The molecule has 1 fully saturated rings. The van der Waals surface area contributed by atoms with Crippen molar-refractivity contribution in [2.75, 3.05) is 32.2 Å². The van der Waals surface area contributed by atoms with Crippen molar-refractivity contribution in [2.24, 2.45) is 0 Å². The second-order valence-electron chi connectivity index (χ2n) is 9.36. The first kappa shape index (κ1) is 25.4. The standard InChI is InChI=1S/C30H38NO3P/c1-5-30(2,35-28-17-11-10-16-26(28)31-18-12-7-13-19-31)25-20-24(32-3)21-27(33-4)29(25)34-22-23-14-8-6-9-15-23/h6,8-11,14-17,20-21,35H,5,7,12-13,18-19,22H2,1-4H3. The van der Waals surface area contributed by atoms with Crippen LogP contribution >= 0.6 is 8.58 Å². The Morgan fingerprint density at radius 1 is 0.886 bits per heavy atom. The highest BCUT2D eigenvalue weighted by Gasteiger charge is 2.33. The fourth-order valence-corrected chi connectivity index (χ4v) is 6.41. The lowest BCUT2D eigenvalue weighted by atomic mass is 9.95. The van der Waals surface area contributed by atoms with E-state index in [2.05, 4.69) is 61.2 Å². The number of para-hydroxylation sites is 1. The molecule has 0 N–H and O–H groups in total. The minimum Gasteiger partial charge on any atom is -0.497 e. The Hall–Kier alpha value is -2.71. The molecule has 5 heteroatoms. The summed E-state index contributed by atoms with van der Waals surface area (Å²) in [4.78, 5) is 2.57. The summed E-state index contributed by atoms with van der Waals surface area (Å²) >= 11 is 0.